The fraction of sp³-hybridized carbons (Fsp3) is 0.333. The first-order valence-corrected chi connectivity index (χ1v) is 9.25. The van der Waals surface area contributed by atoms with Crippen molar-refractivity contribution in [1.29, 1.82) is 0 Å². The van der Waals surface area contributed by atoms with Gasteiger partial charge < -0.3 is 10.1 Å². The number of rotatable bonds is 5. The summed E-state index contributed by atoms with van der Waals surface area (Å²) in [5.41, 5.74) is 3.55. The molecule has 0 amide bonds. The van der Waals surface area contributed by atoms with Gasteiger partial charge in [0.2, 0.25) is 0 Å². The maximum Gasteiger partial charge on any atom is 0.148 e. The number of hydrogen-bond donors (Lipinski definition) is 1. The quantitative estimate of drug-likeness (QED) is 0.748. The van der Waals surface area contributed by atoms with Crippen LogP contribution in [0.1, 0.15) is 17.3 Å². The van der Waals surface area contributed by atoms with Crippen molar-refractivity contribution in [2.24, 2.45) is 0 Å². The van der Waals surface area contributed by atoms with Crippen LogP contribution in [0.15, 0.2) is 48.5 Å². The summed E-state index contributed by atoms with van der Waals surface area (Å²) in [6.07, 6.45) is 0. The predicted octanol–water partition coefficient (Wildman–Crippen LogP) is 3.56. The van der Waals surface area contributed by atoms with Crippen LogP contribution in [0, 0.1) is 12.7 Å². The molecule has 1 fully saturated rings. The van der Waals surface area contributed by atoms with E-state index in [2.05, 4.69) is 15.2 Å². The molecular weight excluding hydrogens is 343 g/mol. The Bertz CT molecular complexity index is 927. The minimum atomic E-state index is -0.215. The number of anilines is 1. The molecule has 0 aliphatic carbocycles. The number of nitrogens with one attached hydrogen (secondary N) is 1. The number of aromatic nitrogens is 2. The number of fused-ring (bicyclic) bond motifs is 1. The van der Waals surface area contributed by atoms with E-state index in [9.17, 15) is 4.39 Å². The second-order valence-corrected chi connectivity index (χ2v) is 6.75. The van der Waals surface area contributed by atoms with Crippen LogP contribution in [-0.4, -0.2) is 47.7 Å². The van der Waals surface area contributed by atoms with Crippen LogP contribution >= 0.6 is 0 Å². The molecule has 1 saturated heterocycles. The molecule has 1 atom stereocenters. The zero-order valence-corrected chi connectivity index (χ0v) is 15.4. The first kappa shape index (κ1) is 17.8. The normalized spacial score (nSPS) is 16.4. The zero-order valence-electron chi connectivity index (χ0n) is 15.4. The summed E-state index contributed by atoms with van der Waals surface area (Å²) in [6.45, 7) is 5.61. The number of aryl methyl sites for hydroxylation is 1. The fourth-order valence-electron chi connectivity index (χ4n) is 3.51. The molecule has 2 aromatic carbocycles. The van der Waals surface area contributed by atoms with Gasteiger partial charge in [0.1, 0.15) is 11.6 Å². The van der Waals surface area contributed by atoms with Gasteiger partial charge in [0.15, 0.2) is 0 Å². The fourth-order valence-corrected chi connectivity index (χ4v) is 3.51. The Labute approximate surface area is 158 Å². The SMILES string of the molecule is Cc1nc2ccccc2nc1NC[C@H](c1cccc(F)c1)N1CCOCC1. The van der Waals surface area contributed by atoms with Gasteiger partial charge in [-0.2, -0.15) is 0 Å². The van der Waals surface area contributed by atoms with Crippen molar-refractivity contribution in [2.75, 3.05) is 38.2 Å². The summed E-state index contributed by atoms with van der Waals surface area (Å²) >= 11 is 0. The highest BCUT2D eigenvalue weighted by Gasteiger charge is 2.23. The molecule has 2 heterocycles. The van der Waals surface area contributed by atoms with Gasteiger partial charge in [0.05, 0.1) is 36.0 Å². The number of hydrogen-bond acceptors (Lipinski definition) is 5. The molecule has 1 aliphatic heterocycles. The van der Waals surface area contributed by atoms with E-state index in [1.807, 2.05) is 37.3 Å². The maximum absolute atomic E-state index is 13.8. The highest BCUT2D eigenvalue weighted by molar-refractivity contribution is 5.76. The van der Waals surface area contributed by atoms with Gasteiger partial charge in [-0.25, -0.2) is 14.4 Å². The van der Waals surface area contributed by atoms with Crippen LogP contribution in [0.4, 0.5) is 10.2 Å². The second-order valence-electron chi connectivity index (χ2n) is 6.75. The van der Waals surface area contributed by atoms with Crippen molar-refractivity contribution in [3.05, 3.63) is 65.6 Å². The van der Waals surface area contributed by atoms with Crippen LogP contribution < -0.4 is 5.32 Å². The lowest BCUT2D eigenvalue weighted by Crippen LogP contribution is -2.41. The van der Waals surface area contributed by atoms with Crippen LogP contribution in [-0.2, 0) is 4.74 Å². The summed E-state index contributed by atoms with van der Waals surface area (Å²) in [6, 6.07) is 14.7. The minimum absolute atomic E-state index is 0.0391. The predicted molar refractivity (Wildman–Crippen MR) is 104 cm³/mol. The molecule has 1 aromatic heterocycles. The monoisotopic (exact) mass is 366 g/mol. The topological polar surface area (TPSA) is 50.3 Å². The van der Waals surface area contributed by atoms with E-state index in [4.69, 9.17) is 9.72 Å². The largest absolute Gasteiger partial charge is 0.379 e. The summed E-state index contributed by atoms with van der Waals surface area (Å²) in [7, 11) is 0. The van der Waals surface area contributed by atoms with E-state index >= 15 is 0 Å². The molecule has 4 rings (SSSR count). The van der Waals surface area contributed by atoms with Crippen molar-refractivity contribution >= 4 is 16.9 Å². The summed E-state index contributed by atoms with van der Waals surface area (Å²) in [5.74, 6) is 0.552. The standard InChI is InChI=1S/C21H23FN4O/c1-15-21(25-19-8-3-2-7-18(19)24-15)23-14-20(26-9-11-27-12-10-26)16-5-4-6-17(22)13-16/h2-8,13,20H,9-12,14H2,1H3,(H,23,25)/t20-/m1/s1. The van der Waals surface area contributed by atoms with E-state index in [0.29, 0.717) is 19.8 Å². The molecule has 0 radical (unpaired) electrons. The first-order valence-electron chi connectivity index (χ1n) is 9.25. The average molecular weight is 366 g/mol. The third-order valence-corrected chi connectivity index (χ3v) is 4.93. The Balaban J connectivity index is 1.59. The smallest absolute Gasteiger partial charge is 0.148 e. The van der Waals surface area contributed by atoms with Gasteiger partial charge in [-0.05, 0) is 36.8 Å². The van der Waals surface area contributed by atoms with Crippen molar-refractivity contribution in [3.63, 3.8) is 0 Å². The molecule has 0 bridgehead atoms. The highest BCUT2D eigenvalue weighted by Crippen LogP contribution is 2.24. The Morgan fingerprint density at radius 1 is 1.07 bits per heavy atom. The second kappa shape index (κ2) is 7.98. The number of morpholine rings is 1. The van der Waals surface area contributed by atoms with Crippen molar-refractivity contribution < 1.29 is 9.13 Å². The molecule has 6 heteroatoms. The van der Waals surface area contributed by atoms with E-state index < -0.39 is 0 Å². The molecule has 0 saturated carbocycles. The van der Waals surface area contributed by atoms with Gasteiger partial charge in [0.25, 0.3) is 0 Å². The molecule has 3 aromatic rings. The molecule has 1 N–H and O–H groups in total. The van der Waals surface area contributed by atoms with Crippen molar-refractivity contribution in [2.45, 2.75) is 13.0 Å². The number of nitrogens with zero attached hydrogens (tertiary/aromatic N) is 3. The first-order chi connectivity index (χ1) is 13.2. The van der Waals surface area contributed by atoms with Crippen molar-refractivity contribution in [1.82, 2.24) is 14.9 Å². The lowest BCUT2D eigenvalue weighted by atomic mass is 10.0. The Hall–Kier alpha value is -2.57. The van der Waals surface area contributed by atoms with Gasteiger partial charge in [-0.3, -0.25) is 4.90 Å². The summed E-state index contributed by atoms with van der Waals surface area (Å²) in [4.78, 5) is 11.7. The van der Waals surface area contributed by atoms with Crippen LogP contribution in [0.25, 0.3) is 11.0 Å². The van der Waals surface area contributed by atoms with Gasteiger partial charge >= 0.3 is 0 Å². The third kappa shape index (κ3) is 4.07. The van der Waals surface area contributed by atoms with Crippen LogP contribution in [0.5, 0.6) is 0 Å². The van der Waals surface area contributed by atoms with Crippen molar-refractivity contribution in [3.8, 4) is 0 Å². The van der Waals surface area contributed by atoms with Gasteiger partial charge in [-0.15, -0.1) is 0 Å². The van der Waals surface area contributed by atoms with E-state index in [1.54, 1.807) is 12.1 Å². The third-order valence-electron chi connectivity index (χ3n) is 4.93. The summed E-state index contributed by atoms with van der Waals surface area (Å²) < 4.78 is 19.3. The van der Waals surface area contributed by atoms with E-state index in [-0.39, 0.29) is 11.9 Å². The Kier molecular flexibility index (Phi) is 5.27. The average Bonchev–Trinajstić information content (AvgIpc) is 2.69. The number of benzene rings is 2. The van der Waals surface area contributed by atoms with Gasteiger partial charge in [0, 0.05) is 19.6 Å². The Morgan fingerprint density at radius 2 is 1.81 bits per heavy atom. The number of ether oxygens (including phenoxy) is 1. The lowest BCUT2D eigenvalue weighted by Gasteiger charge is -2.35. The highest BCUT2D eigenvalue weighted by atomic mass is 19.1. The van der Waals surface area contributed by atoms with Gasteiger partial charge in [-0.1, -0.05) is 24.3 Å². The molecule has 0 unspecified atom stereocenters. The summed E-state index contributed by atoms with van der Waals surface area (Å²) in [5, 5.41) is 3.44. The lowest BCUT2D eigenvalue weighted by molar-refractivity contribution is 0.0186. The van der Waals surface area contributed by atoms with Crippen LogP contribution in [0.3, 0.4) is 0 Å². The Morgan fingerprint density at radius 3 is 2.56 bits per heavy atom. The molecule has 140 valence electrons. The molecule has 0 spiro atoms. The van der Waals surface area contributed by atoms with E-state index in [1.165, 1.54) is 6.07 Å². The molecule has 5 nitrogen and oxygen atoms in total. The number of para-hydroxylation sites is 2. The molecule has 27 heavy (non-hydrogen) atoms. The molecule has 1 aliphatic rings. The minimum Gasteiger partial charge on any atom is -0.379 e. The maximum atomic E-state index is 13.8. The number of halogens is 1. The zero-order chi connectivity index (χ0) is 18.6. The van der Waals surface area contributed by atoms with E-state index in [0.717, 1.165) is 41.2 Å². The molecular formula is C21H23FN4O. The van der Waals surface area contributed by atoms with Crippen LogP contribution in [0.2, 0.25) is 0 Å².